The van der Waals surface area contributed by atoms with Crippen molar-refractivity contribution in [1.82, 2.24) is 19.9 Å². The van der Waals surface area contributed by atoms with E-state index in [1.165, 1.54) is 0 Å². The van der Waals surface area contributed by atoms with Crippen LogP contribution in [0.2, 0.25) is 0 Å². The third-order valence-electron chi connectivity index (χ3n) is 3.78. The molecule has 2 unspecified atom stereocenters. The topological polar surface area (TPSA) is 60.2 Å². The Morgan fingerprint density at radius 3 is 2.87 bits per heavy atom. The lowest BCUT2D eigenvalue weighted by atomic mass is 10.2. The van der Waals surface area contributed by atoms with Crippen molar-refractivity contribution in [2.75, 3.05) is 13.2 Å². The molecule has 0 N–H and O–H groups in total. The van der Waals surface area contributed by atoms with Crippen molar-refractivity contribution >= 4 is 12.0 Å². The molecule has 1 fully saturated rings. The smallest absolute Gasteiger partial charge is 0.247 e. The molecule has 1 aromatic heterocycles. The van der Waals surface area contributed by atoms with Crippen LogP contribution in [0.3, 0.4) is 0 Å². The fraction of sp³-hybridized carbons (Fsp3) is 0.353. The predicted molar refractivity (Wildman–Crippen MR) is 87.0 cm³/mol. The number of ether oxygens (including phenoxy) is 1. The molecule has 6 heteroatoms. The van der Waals surface area contributed by atoms with Crippen molar-refractivity contribution in [2.24, 2.45) is 0 Å². The number of hydrogen-bond donors (Lipinski definition) is 0. The summed E-state index contributed by atoms with van der Waals surface area (Å²) in [7, 11) is 0. The van der Waals surface area contributed by atoms with Crippen LogP contribution in [0.1, 0.15) is 19.5 Å². The molecule has 1 saturated heterocycles. The van der Waals surface area contributed by atoms with Gasteiger partial charge in [-0.25, -0.2) is 0 Å². The summed E-state index contributed by atoms with van der Waals surface area (Å²) >= 11 is 0. The zero-order valence-corrected chi connectivity index (χ0v) is 13.3. The molecule has 2 atom stereocenters. The van der Waals surface area contributed by atoms with Crippen molar-refractivity contribution in [3.8, 4) is 5.69 Å². The fourth-order valence-electron chi connectivity index (χ4n) is 2.50. The Hall–Kier alpha value is -2.47. The number of nitrogens with zero attached hydrogens (tertiary/aromatic N) is 4. The van der Waals surface area contributed by atoms with Crippen LogP contribution >= 0.6 is 0 Å². The third kappa shape index (κ3) is 3.65. The van der Waals surface area contributed by atoms with Crippen molar-refractivity contribution in [3.63, 3.8) is 0 Å². The summed E-state index contributed by atoms with van der Waals surface area (Å²) in [4.78, 5) is 15.7. The highest BCUT2D eigenvalue weighted by atomic mass is 16.5. The number of morpholine rings is 1. The highest BCUT2D eigenvalue weighted by molar-refractivity contribution is 5.91. The maximum Gasteiger partial charge on any atom is 0.247 e. The number of aromatic nitrogens is 3. The number of amides is 1. The zero-order valence-electron chi connectivity index (χ0n) is 13.3. The average Bonchev–Trinajstić information content (AvgIpc) is 3.05. The van der Waals surface area contributed by atoms with Crippen LogP contribution in [0.15, 0.2) is 42.6 Å². The number of carbonyl (C=O) groups is 1. The van der Waals surface area contributed by atoms with Crippen LogP contribution in [0, 0.1) is 0 Å². The molecule has 0 bridgehead atoms. The Kier molecular flexibility index (Phi) is 4.52. The van der Waals surface area contributed by atoms with Crippen molar-refractivity contribution in [2.45, 2.75) is 26.0 Å². The van der Waals surface area contributed by atoms with Crippen LogP contribution in [0.25, 0.3) is 11.8 Å². The minimum absolute atomic E-state index is 0.0260. The predicted octanol–water partition coefficient (Wildman–Crippen LogP) is 1.92. The van der Waals surface area contributed by atoms with Gasteiger partial charge < -0.3 is 9.64 Å². The van der Waals surface area contributed by atoms with Gasteiger partial charge in [-0.05, 0) is 32.1 Å². The van der Waals surface area contributed by atoms with Crippen molar-refractivity contribution in [3.05, 3.63) is 48.3 Å². The van der Waals surface area contributed by atoms with Gasteiger partial charge in [0.1, 0.15) is 5.69 Å². The molecule has 1 aliphatic heterocycles. The van der Waals surface area contributed by atoms with Gasteiger partial charge in [0.15, 0.2) is 0 Å². The molecule has 120 valence electrons. The quantitative estimate of drug-likeness (QED) is 0.812. The summed E-state index contributed by atoms with van der Waals surface area (Å²) < 4.78 is 5.54. The molecule has 0 spiro atoms. The first-order valence-corrected chi connectivity index (χ1v) is 7.71. The second kappa shape index (κ2) is 6.75. The third-order valence-corrected chi connectivity index (χ3v) is 3.78. The molecule has 6 nitrogen and oxygen atoms in total. The zero-order chi connectivity index (χ0) is 16.2. The minimum Gasteiger partial charge on any atom is -0.375 e. The number of hydrogen-bond acceptors (Lipinski definition) is 4. The summed E-state index contributed by atoms with van der Waals surface area (Å²) in [5.74, 6) is -0.0260. The first kappa shape index (κ1) is 15.4. The Balaban J connectivity index is 1.68. The van der Waals surface area contributed by atoms with Crippen LogP contribution in [0.5, 0.6) is 0 Å². The molecule has 0 radical (unpaired) electrons. The van der Waals surface area contributed by atoms with Gasteiger partial charge in [-0.2, -0.15) is 9.90 Å². The molecule has 3 rings (SSSR count). The molecule has 1 aliphatic rings. The molecule has 1 aromatic carbocycles. The van der Waals surface area contributed by atoms with E-state index in [4.69, 9.17) is 4.74 Å². The van der Waals surface area contributed by atoms with Gasteiger partial charge >= 0.3 is 0 Å². The van der Waals surface area contributed by atoms with Crippen LogP contribution in [-0.4, -0.2) is 51.1 Å². The maximum absolute atomic E-state index is 12.3. The average molecular weight is 312 g/mol. The lowest BCUT2D eigenvalue weighted by Crippen LogP contribution is -2.49. The second-order valence-electron chi connectivity index (χ2n) is 5.71. The Bertz CT molecular complexity index is 696. The first-order chi connectivity index (χ1) is 11.1. The summed E-state index contributed by atoms with van der Waals surface area (Å²) in [5.41, 5.74) is 1.53. The maximum atomic E-state index is 12.3. The summed E-state index contributed by atoms with van der Waals surface area (Å²) in [5, 5.41) is 8.57. The van der Waals surface area contributed by atoms with E-state index in [0.717, 1.165) is 5.69 Å². The van der Waals surface area contributed by atoms with E-state index in [-0.39, 0.29) is 18.1 Å². The van der Waals surface area contributed by atoms with E-state index in [1.54, 1.807) is 23.1 Å². The number of rotatable bonds is 3. The molecule has 23 heavy (non-hydrogen) atoms. The van der Waals surface area contributed by atoms with E-state index in [9.17, 15) is 4.79 Å². The Labute approximate surface area is 135 Å². The normalized spacial score (nSPS) is 21.7. The highest BCUT2D eigenvalue weighted by Crippen LogP contribution is 2.12. The molecule has 0 aliphatic carbocycles. The molecular weight excluding hydrogens is 292 g/mol. The minimum atomic E-state index is -0.0260. The summed E-state index contributed by atoms with van der Waals surface area (Å²) in [6, 6.07) is 9.74. The SMILES string of the molecule is CC1CN(C(=O)/C=C/c2cnn(-c3ccccc3)n2)C(C)CO1. The van der Waals surface area contributed by atoms with Gasteiger partial charge in [0.05, 0.1) is 30.6 Å². The van der Waals surface area contributed by atoms with Gasteiger partial charge in [-0.3, -0.25) is 4.79 Å². The Morgan fingerprint density at radius 1 is 1.30 bits per heavy atom. The van der Waals surface area contributed by atoms with E-state index < -0.39 is 0 Å². The number of benzene rings is 1. The molecular formula is C17H20N4O2. The van der Waals surface area contributed by atoms with Crippen LogP contribution < -0.4 is 0 Å². The van der Waals surface area contributed by atoms with Crippen LogP contribution in [0.4, 0.5) is 0 Å². The van der Waals surface area contributed by atoms with Gasteiger partial charge in [-0.1, -0.05) is 18.2 Å². The van der Waals surface area contributed by atoms with Gasteiger partial charge in [0.25, 0.3) is 0 Å². The molecule has 2 aromatic rings. The fourth-order valence-corrected chi connectivity index (χ4v) is 2.50. The van der Waals surface area contributed by atoms with Gasteiger partial charge in [0.2, 0.25) is 5.91 Å². The van der Waals surface area contributed by atoms with E-state index in [1.807, 2.05) is 49.1 Å². The van der Waals surface area contributed by atoms with Crippen LogP contribution in [-0.2, 0) is 9.53 Å². The van der Waals surface area contributed by atoms with Gasteiger partial charge in [-0.15, -0.1) is 5.10 Å². The van der Waals surface area contributed by atoms with Crippen molar-refractivity contribution < 1.29 is 9.53 Å². The summed E-state index contributed by atoms with van der Waals surface area (Å²) in [6.07, 6.45) is 4.96. The molecule has 1 amide bonds. The standard InChI is InChI=1S/C17H20N4O2/c1-13-12-23-14(2)11-20(13)17(22)9-8-15-10-18-21(19-15)16-6-4-3-5-7-16/h3-10,13-14H,11-12H2,1-2H3/b9-8+. The van der Waals surface area contributed by atoms with Gasteiger partial charge in [0, 0.05) is 12.6 Å². The largest absolute Gasteiger partial charge is 0.375 e. The number of para-hydroxylation sites is 1. The monoisotopic (exact) mass is 312 g/mol. The lowest BCUT2D eigenvalue weighted by molar-refractivity contribution is -0.137. The number of carbonyl (C=O) groups excluding carboxylic acids is 1. The second-order valence-corrected chi connectivity index (χ2v) is 5.71. The Morgan fingerprint density at radius 2 is 2.09 bits per heavy atom. The van der Waals surface area contributed by atoms with Crippen molar-refractivity contribution in [1.29, 1.82) is 0 Å². The van der Waals surface area contributed by atoms with E-state index >= 15 is 0 Å². The first-order valence-electron chi connectivity index (χ1n) is 7.71. The van der Waals surface area contributed by atoms with E-state index in [0.29, 0.717) is 18.8 Å². The molecule has 2 heterocycles. The van der Waals surface area contributed by atoms with E-state index in [2.05, 4.69) is 10.2 Å². The highest BCUT2D eigenvalue weighted by Gasteiger charge is 2.25. The lowest BCUT2D eigenvalue weighted by Gasteiger charge is -2.36. The summed E-state index contributed by atoms with van der Waals surface area (Å²) in [6.45, 7) is 5.15. The molecule has 0 saturated carbocycles.